The van der Waals surface area contributed by atoms with Gasteiger partial charge in [0.05, 0.1) is 6.54 Å². The Morgan fingerprint density at radius 3 is 2.25 bits per heavy atom. The van der Waals surface area contributed by atoms with Crippen LogP contribution in [0.5, 0.6) is 0 Å². The number of piperazine rings is 1. The van der Waals surface area contributed by atoms with Crippen molar-refractivity contribution in [3.05, 3.63) is 64.7 Å². The number of Topliss-reactive ketones (excluding diaryl/α,β-unsaturated/α-hetero) is 1. The second-order valence-corrected chi connectivity index (χ2v) is 6.77. The van der Waals surface area contributed by atoms with E-state index in [2.05, 4.69) is 41.8 Å². The summed E-state index contributed by atoms with van der Waals surface area (Å²) in [5, 5.41) is 0. The number of nitrogens with zero attached hydrogens (tertiary/aromatic N) is 2. The van der Waals surface area contributed by atoms with Crippen LogP contribution in [-0.2, 0) is 0 Å². The van der Waals surface area contributed by atoms with Gasteiger partial charge in [-0.25, -0.2) is 0 Å². The summed E-state index contributed by atoms with van der Waals surface area (Å²) in [4.78, 5) is 17.1. The van der Waals surface area contributed by atoms with Crippen molar-refractivity contribution in [2.45, 2.75) is 20.8 Å². The highest BCUT2D eigenvalue weighted by Gasteiger charge is 2.20. The third-order valence-electron chi connectivity index (χ3n) is 5.03. The number of aryl methyl sites for hydroxylation is 2. The van der Waals surface area contributed by atoms with Crippen molar-refractivity contribution < 1.29 is 4.79 Å². The third-order valence-corrected chi connectivity index (χ3v) is 5.03. The third kappa shape index (κ3) is 3.68. The van der Waals surface area contributed by atoms with Gasteiger partial charge >= 0.3 is 0 Å². The molecule has 0 aliphatic carbocycles. The summed E-state index contributed by atoms with van der Waals surface area (Å²) in [6, 6.07) is 14.4. The first-order valence-electron chi connectivity index (χ1n) is 8.68. The van der Waals surface area contributed by atoms with Crippen LogP contribution in [0.3, 0.4) is 0 Å². The average molecular weight is 322 g/mol. The Morgan fingerprint density at radius 2 is 1.58 bits per heavy atom. The Hall–Kier alpha value is -2.13. The molecule has 0 N–H and O–H groups in total. The number of rotatable bonds is 4. The zero-order valence-electron chi connectivity index (χ0n) is 14.9. The molecule has 0 radical (unpaired) electrons. The summed E-state index contributed by atoms with van der Waals surface area (Å²) in [5.41, 5.74) is 6.04. The van der Waals surface area contributed by atoms with Gasteiger partial charge in [0.15, 0.2) is 5.78 Å². The molecular formula is C21H26N2O. The van der Waals surface area contributed by atoms with Crippen LogP contribution >= 0.6 is 0 Å². The molecule has 0 saturated carbocycles. The quantitative estimate of drug-likeness (QED) is 0.803. The van der Waals surface area contributed by atoms with E-state index in [1.807, 2.05) is 31.2 Å². The van der Waals surface area contributed by atoms with Gasteiger partial charge in [-0.3, -0.25) is 9.69 Å². The Labute approximate surface area is 144 Å². The zero-order chi connectivity index (χ0) is 17.1. The van der Waals surface area contributed by atoms with E-state index in [0.717, 1.165) is 31.7 Å². The van der Waals surface area contributed by atoms with E-state index in [1.165, 1.54) is 22.4 Å². The van der Waals surface area contributed by atoms with E-state index in [9.17, 15) is 4.79 Å². The van der Waals surface area contributed by atoms with Crippen molar-refractivity contribution in [3.8, 4) is 0 Å². The van der Waals surface area contributed by atoms with Crippen LogP contribution in [0.1, 0.15) is 27.0 Å². The van der Waals surface area contributed by atoms with Crippen molar-refractivity contribution >= 4 is 11.5 Å². The minimum Gasteiger partial charge on any atom is -0.369 e. The highest BCUT2D eigenvalue weighted by Crippen LogP contribution is 2.23. The van der Waals surface area contributed by atoms with E-state index in [-0.39, 0.29) is 5.78 Å². The van der Waals surface area contributed by atoms with Crippen molar-refractivity contribution in [1.29, 1.82) is 0 Å². The maximum atomic E-state index is 12.4. The molecule has 24 heavy (non-hydrogen) atoms. The van der Waals surface area contributed by atoms with Gasteiger partial charge in [0.2, 0.25) is 0 Å². The van der Waals surface area contributed by atoms with Crippen LogP contribution in [0.4, 0.5) is 5.69 Å². The maximum Gasteiger partial charge on any atom is 0.176 e. The van der Waals surface area contributed by atoms with Gasteiger partial charge in [0.25, 0.3) is 0 Å². The molecule has 0 amide bonds. The molecule has 1 fully saturated rings. The predicted octanol–water partition coefficient (Wildman–Crippen LogP) is 3.62. The van der Waals surface area contributed by atoms with Gasteiger partial charge in [-0.2, -0.15) is 0 Å². The molecule has 3 nitrogen and oxygen atoms in total. The van der Waals surface area contributed by atoms with Gasteiger partial charge in [-0.05, 0) is 38.0 Å². The molecule has 1 aliphatic rings. The van der Waals surface area contributed by atoms with Gasteiger partial charge in [0, 0.05) is 37.4 Å². The van der Waals surface area contributed by atoms with E-state index >= 15 is 0 Å². The van der Waals surface area contributed by atoms with Gasteiger partial charge in [-0.15, -0.1) is 0 Å². The summed E-state index contributed by atoms with van der Waals surface area (Å²) in [6.07, 6.45) is 0. The number of carbonyl (C=O) groups excluding carboxylic acids is 1. The van der Waals surface area contributed by atoms with E-state index < -0.39 is 0 Å². The van der Waals surface area contributed by atoms with Gasteiger partial charge in [-0.1, -0.05) is 42.0 Å². The average Bonchev–Trinajstić information content (AvgIpc) is 2.59. The van der Waals surface area contributed by atoms with E-state index in [1.54, 1.807) is 0 Å². The summed E-state index contributed by atoms with van der Waals surface area (Å²) >= 11 is 0. The Morgan fingerprint density at radius 1 is 0.917 bits per heavy atom. The second kappa shape index (κ2) is 7.18. The molecule has 0 bridgehead atoms. The Kier molecular flexibility index (Phi) is 5.00. The van der Waals surface area contributed by atoms with Gasteiger partial charge < -0.3 is 4.90 Å². The lowest BCUT2D eigenvalue weighted by molar-refractivity contribution is 0.0926. The normalized spacial score (nSPS) is 15.5. The number of anilines is 1. The molecular weight excluding hydrogens is 296 g/mol. The number of hydrogen-bond donors (Lipinski definition) is 0. The first-order valence-corrected chi connectivity index (χ1v) is 8.68. The monoisotopic (exact) mass is 322 g/mol. The number of hydrogen-bond acceptors (Lipinski definition) is 3. The fraction of sp³-hybridized carbons (Fsp3) is 0.381. The molecule has 2 aromatic rings. The molecule has 0 aromatic heterocycles. The number of ketones is 1. The Balaban J connectivity index is 1.58. The van der Waals surface area contributed by atoms with Crippen LogP contribution in [0.15, 0.2) is 42.5 Å². The van der Waals surface area contributed by atoms with Crippen LogP contribution < -0.4 is 4.90 Å². The summed E-state index contributed by atoms with van der Waals surface area (Å²) in [6.45, 7) is 10.7. The molecule has 3 heteroatoms. The molecule has 1 saturated heterocycles. The lowest BCUT2D eigenvalue weighted by Crippen LogP contribution is -2.48. The maximum absolute atomic E-state index is 12.4. The molecule has 0 spiro atoms. The fourth-order valence-corrected chi connectivity index (χ4v) is 3.26. The molecule has 1 aliphatic heterocycles. The molecule has 3 rings (SSSR count). The lowest BCUT2D eigenvalue weighted by atomic mass is 10.1. The highest BCUT2D eigenvalue weighted by atomic mass is 16.1. The highest BCUT2D eigenvalue weighted by molar-refractivity contribution is 5.97. The van der Waals surface area contributed by atoms with Crippen molar-refractivity contribution in [1.82, 2.24) is 4.90 Å². The topological polar surface area (TPSA) is 23.6 Å². The van der Waals surface area contributed by atoms with Crippen LogP contribution in [0.25, 0.3) is 0 Å². The largest absolute Gasteiger partial charge is 0.369 e. The molecule has 0 unspecified atom stereocenters. The molecule has 2 aromatic carbocycles. The minimum absolute atomic E-state index is 0.218. The molecule has 0 atom stereocenters. The van der Waals surface area contributed by atoms with Crippen molar-refractivity contribution in [3.63, 3.8) is 0 Å². The zero-order valence-corrected chi connectivity index (χ0v) is 14.9. The first kappa shape index (κ1) is 16.7. The predicted molar refractivity (Wildman–Crippen MR) is 100 cm³/mol. The van der Waals surface area contributed by atoms with E-state index in [4.69, 9.17) is 0 Å². The van der Waals surface area contributed by atoms with Crippen LogP contribution in [0.2, 0.25) is 0 Å². The number of carbonyl (C=O) groups is 1. The van der Waals surface area contributed by atoms with E-state index in [0.29, 0.717) is 6.54 Å². The summed E-state index contributed by atoms with van der Waals surface area (Å²) in [5.74, 6) is 0.218. The molecule has 1 heterocycles. The van der Waals surface area contributed by atoms with Crippen molar-refractivity contribution in [2.24, 2.45) is 0 Å². The number of benzene rings is 2. The van der Waals surface area contributed by atoms with Crippen LogP contribution in [0, 0.1) is 20.8 Å². The summed E-state index contributed by atoms with van der Waals surface area (Å²) in [7, 11) is 0. The van der Waals surface area contributed by atoms with Crippen molar-refractivity contribution in [2.75, 3.05) is 37.6 Å². The first-order chi connectivity index (χ1) is 11.5. The van der Waals surface area contributed by atoms with Crippen LogP contribution in [-0.4, -0.2) is 43.4 Å². The molecule has 126 valence electrons. The summed E-state index contributed by atoms with van der Waals surface area (Å²) < 4.78 is 0. The fourth-order valence-electron chi connectivity index (χ4n) is 3.26. The SMILES string of the molecule is Cc1ccc(C(=O)CN2CCN(c3cccc(C)c3C)CC2)cc1. The smallest absolute Gasteiger partial charge is 0.176 e. The second-order valence-electron chi connectivity index (χ2n) is 6.77. The van der Waals surface area contributed by atoms with Gasteiger partial charge in [0.1, 0.15) is 0 Å². The Bertz CT molecular complexity index is 713. The minimum atomic E-state index is 0.218. The standard InChI is InChI=1S/C21H26N2O/c1-16-7-9-19(10-8-16)21(24)15-22-11-13-23(14-12-22)20-6-4-5-17(2)18(20)3/h4-10H,11-15H2,1-3H3. The lowest BCUT2D eigenvalue weighted by Gasteiger charge is -2.36.